The molecular formula is C22H23N3O3S. The van der Waals surface area contributed by atoms with Gasteiger partial charge in [-0.05, 0) is 69.4 Å². The van der Waals surface area contributed by atoms with E-state index in [0.29, 0.717) is 17.7 Å². The van der Waals surface area contributed by atoms with Crippen molar-refractivity contribution < 1.29 is 12.6 Å². The third-order valence-electron chi connectivity index (χ3n) is 5.21. The summed E-state index contributed by atoms with van der Waals surface area (Å²) in [6, 6.07) is 10.7. The van der Waals surface area contributed by atoms with Crippen molar-refractivity contribution in [1.29, 1.82) is 0 Å². The molecule has 0 atom stereocenters. The molecule has 0 unspecified atom stereocenters. The molecule has 0 saturated carbocycles. The van der Waals surface area contributed by atoms with Gasteiger partial charge < -0.3 is 9.92 Å². The first-order valence-corrected chi connectivity index (χ1v) is 10.9. The first-order chi connectivity index (χ1) is 13.7. The fourth-order valence-corrected chi connectivity index (χ4v) is 4.75. The lowest BCUT2D eigenvalue weighted by Gasteiger charge is -2.15. The number of fused-ring (bicyclic) bond motifs is 3. The van der Waals surface area contributed by atoms with Crippen LogP contribution in [-0.2, 0) is 23.0 Å². The highest BCUT2D eigenvalue weighted by atomic mass is 32.2. The number of nitrogens with zero attached hydrogens (tertiary/aromatic N) is 2. The smallest absolute Gasteiger partial charge is 0.340 e. The van der Waals surface area contributed by atoms with Crippen molar-refractivity contribution >= 4 is 16.1 Å². The zero-order valence-electron chi connectivity index (χ0n) is 16.7. The fourth-order valence-electron chi connectivity index (χ4n) is 3.84. The first-order valence-electron chi connectivity index (χ1n) is 9.52. The van der Waals surface area contributed by atoms with Crippen LogP contribution in [0.25, 0.3) is 11.3 Å². The van der Waals surface area contributed by atoms with Crippen molar-refractivity contribution in [1.82, 2.24) is 9.97 Å². The normalized spacial score (nSPS) is 13.3. The van der Waals surface area contributed by atoms with Crippen LogP contribution in [0.15, 0.2) is 41.3 Å². The maximum absolute atomic E-state index is 12.8. The molecule has 1 heterocycles. The number of hydrogen-bond donors (Lipinski definition) is 1. The minimum atomic E-state index is -4.03. The second-order valence-corrected chi connectivity index (χ2v) is 9.07. The van der Waals surface area contributed by atoms with Gasteiger partial charge in [-0.15, -0.1) is 0 Å². The van der Waals surface area contributed by atoms with Gasteiger partial charge in [0.15, 0.2) is 0 Å². The molecule has 2 aromatic carbocycles. The second kappa shape index (κ2) is 7.15. The molecule has 150 valence electrons. The van der Waals surface area contributed by atoms with Gasteiger partial charge in [-0.3, -0.25) is 0 Å². The Bertz CT molecular complexity index is 1200. The Labute approximate surface area is 170 Å². The molecule has 0 bridgehead atoms. The molecule has 0 fully saturated rings. The third-order valence-corrected chi connectivity index (χ3v) is 6.44. The van der Waals surface area contributed by atoms with E-state index in [1.165, 1.54) is 23.3 Å². The predicted octanol–water partition coefficient (Wildman–Crippen LogP) is 3.91. The maximum atomic E-state index is 12.8. The number of hydrogen-bond acceptors (Lipinski definition) is 6. The third kappa shape index (κ3) is 3.70. The quantitative estimate of drug-likeness (QED) is 0.659. The molecule has 1 aromatic heterocycles. The molecule has 0 amide bonds. The number of nitrogens with two attached hydrogens (primary N) is 1. The number of nitrogen functional groups attached to an aromatic ring is 1. The molecule has 29 heavy (non-hydrogen) atoms. The lowest BCUT2D eigenvalue weighted by atomic mass is 9.95. The Kier molecular flexibility index (Phi) is 4.78. The zero-order chi connectivity index (χ0) is 20.8. The zero-order valence-corrected chi connectivity index (χ0v) is 17.5. The summed E-state index contributed by atoms with van der Waals surface area (Å²) in [6.07, 6.45) is 2.33. The monoisotopic (exact) mass is 409 g/mol. The highest BCUT2D eigenvalue weighted by Gasteiger charge is 2.26. The van der Waals surface area contributed by atoms with Gasteiger partial charge in [-0.25, -0.2) is 4.98 Å². The van der Waals surface area contributed by atoms with Gasteiger partial charge in [0.25, 0.3) is 0 Å². The van der Waals surface area contributed by atoms with Gasteiger partial charge in [-0.1, -0.05) is 29.3 Å². The van der Waals surface area contributed by atoms with E-state index in [-0.39, 0.29) is 16.7 Å². The van der Waals surface area contributed by atoms with E-state index >= 15 is 0 Å². The summed E-state index contributed by atoms with van der Waals surface area (Å²) in [6.45, 7) is 6.01. The summed E-state index contributed by atoms with van der Waals surface area (Å²) in [5, 5.41) is 0. The Balaban J connectivity index is 1.85. The summed E-state index contributed by atoms with van der Waals surface area (Å²) in [7, 11) is -4.03. The first kappa shape index (κ1) is 19.4. The maximum Gasteiger partial charge on any atom is 0.340 e. The number of benzene rings is 2. The number of anilines is 1. The van der Waals surface area contributed by atoms with E-state index in [1.807, 2.05) is 13.8 Å². The number of rotatable bonds is 3. The predicted molar refractivity (Wildman–Crippen MR) is 112 cm³/mol. The van der Waals surface area contributed by atoms with Crippen LogP contribution in [0.1, 0.15) is 34.2 Å². The van der Waals surface area contributed by atoms with Crippen molar-refractivity contribution in [3.8, 4) is 17.1 Å². The van der Waals surface area contributed by atoms with E-state index < -0.39 is 10.1 Å². The summed E-state index contributed by atoms with van der Waals surface area (Å²) >= 11 is 0. The SMILES string of the molecule is Cc1ccc(S(=O)(=O)Oc2nc(N)nc3c2CCCc2c(C)cc(C)cc2-3)cc1. The van der Waals surface area contributed by atoms with Crippen molar-refractivity contribution in [3.05, 3.63) is 64.2 Å². The Morgan fingerprint density at radius 2 is 1.62 bits per heavy atom. The molecule has 2 N–H and O–H groups in total. The van der Waals surface area contributed by atoms with Gasteiger partial charge in [0.05, 0.1) is 5.69 Å². The topological polar surface area (TPSA) is 95.2 Å². The highest BCUT2D eigenvalue weighted by Crippen LogP contribution is 2.38. The van der Waals surface area contributed by atoms with E-state index in [2.05, 4.69) is 29.0 Å². The Hall–Kier alpha value is -2.93. The lowest BCUT2D eigenvalue weighted by molar-refractivity contribution is 0.472. The standard InChI is InChI=1S/C22H23N3O3S/c1-13-7-9-16(10-8-13)29(26,27)28-21-18-6-4-5-17-15(3)11-14(2)12-19(17)20(18)24-22(23)25-21/h7-12H,4-6H2,1-3H3,(H2,23,24,25). The lowest BCUT2D eigenvalue weighted by Crippen LogP contribution is -2.14. The van der Waals surface area contributed by atoms with Crippen LogP contribution in [0.2, 0.25) is 0 Å². The van der Waals surface area contributed by atoms with Crippen LogP contribution >= 0.6 is 0 Å². The largest absolute Gasteiger partial charge is 0.368 e. The molecule has 6 nitrogen and oxygen atoms in total. The molecule has 4 rings (SSSR count). The van der Waals surface area contributed by atoms with Gasteiger partial charge in [0, 0.05) is 11.1 Å². The molecule has 3 aromatic rings. The molecule has 0 radical (unpaired) electrons. The minimum Gasteiger partial charge on any atom is -0.368 e. The highest BCUT2D eigenvalue weighted by molar-refractivity contribution is 7.87. The molecule has 1 aliphatic rings. The van der Waals surface area contributed by atoms with Crippen molar-refractivity contribution in [2.24, 2.45) is 0 Å². The summed E-state index contributed by atoms with van der Waals surface area (Å²) < 4.78 is 31.1. The average Bonchev–Trinajstić information content (AvgIpc) is 2.82. The van der Waals surface area contributed by atoms with Gasteiger partial charge in [0.2, 0.25) is 11.8 Å². The van der Waals surface area contributed by atoms with Crippen molar-refractivity contribution in [2.45, 2.75) is 44.9 Å². The number of aryl methyl sites for hydroxylation is 3. The second-order valence-electron chi connectivity index (χ2n) is 7.53. The van der Waals surface area contributed by atoms with Crippen LogP contribution in [-0.4, -0.2) is 18.4 Å². The van der Waals surface area contributed by atoms with E-state index in [0.717, 1.165) is 29.5 Å². The molecule has 0 aliphatic heterocycles. The van der Waals surface area contributed by atoms with Crippen LogP contribution in [0.3, 0.4) is 0 Å². The minimum absolute atomic E-state index is 0.00938. The van der Waals surface area contributed by atoms with E-state index in [4.69, 9.17) is 9.92 Å². The average molecular weight is 410 g/mol. The Morgan fingerprint density at radius 3 is 2.34 bits per heavy atom. The molecule has 7 heteroatoms. The van der Waals surface area contributed by atoms with Gasteiger partial charge in [-0.2, -0.15) is 13.4 Å². The van der Waals surface area contributed by atoms with Crippen LogP contribution in [0, 0.1) is 20.8 Å². The summed E-state index contributed by atoms with van der Waals surface area (Å²) in [5.74, 6) is 0.00458. The molecule has 0 spiro atoms. The summed E-state index contributed by atoms with van der Waals surface area (Å²) in [5.41, 5.74) is 12.7. The Morgan fingerprint density at radius 1 is 0.931 bits per heavy atom. The summed E-state index contributed by atoms with van der Waals surface area (Å²) in [4.78, 5) is 8.68. The van der Waals surface area contributed by atoms with Crippen molar-refractivity contribution in [3.63, 3.8) is 0 Å². The van der Waals surface area contributed by atoms with Crippen LogP contribution < -0.4 is 9.92 Å². The van der Waals surface area contributed by atoms with Gasteiger partial charge >= 0.3 is 10.1 Å². The van der Waals surface area contributed by atoms with E-state index in [1.54, 1.807) is 12.1 Å². The van der Waals surface area contributed by atoms with Gasteiger partial charge in [0.1, 0.15) is 4.90 Å². The number of aromatic nitrogens is 2. The molecular weight excluding hydrogens is 386 g/mol. The fraction of sp³-hybridized carbons (Fsp3) is 0.273. The van der Waals surface area contributed by atoms with Crippen molar-refractivity contribution in [2.75, 3.05) is 5.73 Å². The molecule has 0 saturated heterocycles. The van der Waals surface area contributed by atoms with Crippen LogP contribution in [0.4, 0.5) is 5.95 Å². The van der Waals surface area contributed by atoms with Crippen LogP contribution in [0.5, 0.6) is 5.88 Å². The van der Waals surface area contributed by atoms with E-state index in [9.17, 15) is 8.42 Å². The molecule has 1 aliphatic carbocycles.